The number of hydrogen-bond acceptors (Lipinski definition) is 1. The van der Waals surface area contributed by atoms with Crippen molar-refractivity contribution in [3.05, 3.63) is 76.9 Å². The van der Waals surface area contributed by atoms with E-state index in [1.165, 1.54) is 12.5 Å². The van der Waals surface area contributed by atoms with E-state index in [4.69, 9.17) is 0 Å². The van der Waals surface area contributed by atoms with Gasteiger partial charge in [0.25, 0.3) is 0 Å². The second kappa shape index (κ2) is 11.3. The molecular weight excluding hydrogens is 316 g/mol. The van der Waals surface area contributed by atoms with Crippen molar-refractivity contribution in [1.29, 1.82) is 0 Å². The van der Waals surface area contributed by atoms with Crippen molar-refractivity contribution in [3.8, 4) is 0 Å². The molecular formula is C22H27F2N. The highest BCUT2D eigenvalue weighted by Gasteiger charge is 2.04. The van der Waals surface area contributed by atoms with Gasteiger partial charge in [-0.1, -0.05) is 63.6 Å². The van der Waals surface area contributed by atoms with Crippen LogP contribution in [0.2, 0.25) is 0 Å². The Morgan fingerprint density at radius 2 is 1.68 bits per heavy atom. The molecule has 0 radical (unpaired) electrons. The van der Waals surface area contributed by atoms with Crippen molar-refractivity contribution >= 4 is 11.8 Å². The van der Waals surface area contributed by atoms with Crippen LogP contribution in [0.15, 0.2) is 53.5 Å². The number of rotatable bonds is 5. The summed E-state index contributed by atoms with van der Waals surface area (Å²) in [5.41, 5.74) is 3.64. The lowest BCUT2D eigenvalue weighted by Crippen LogP contribution is -2.01. The molecule has 0 heterocycles. The third kappa shape index (κ3) is 7.00. The van der Waals surface area contributed by atoms with Gasteiger partial charge in [-0.05, 0) is 42.7 Å². The lowest BCUT2D eigenvalue weighted by molar-refractivity contribution is 0.508. The summed E-state index contributed by atoms with van der Waals surface area (Å²) in [5.74, 6) is -1.68. The summed E-state index contributed by atoms with van der Waals surface area (Å²) in [6.45, 7) is 9.08. The normalized spacial score (nSPS) is 11.4. The Morgan fingerprint density at radius 1 is 1.00 bits per heavy atom. The van der Waals surface area contributed by atoms with E-state index in [1.54, 1.807) is 12.1 Å². The highest BCUT2D eigenvalue weighted by molar-refractivity contribution is 6.11. The molecule has 0 atom stereocenters. The largest absolute Gasteiger partial charge is 0.285 e. The molecule has 1 nitrogen and oxygen atoms in total. The standard InChI is InChI=1S/C19H19F2N.C3H8/c1-3-12-22-19(16-7-5-4-6-14(16)2)11-9-15-8-10-17(20)18(21)13-15;1-3-2/h4-11,13H,3,12H2,1-2H3;3H2,1-2H3/b11-9+,22-19?;. The smallest absolute Gasteiger partial charge is 0.159 e. The fourth-order valence-corrected chi connectivity index (χ4v) is 2.11. The van der Waals surface area contributed by atoms with Gasteiger partial charge in [0.15, 0.2) is 11.6 Å². The van der Waals surface area contributed by atoms with Crippen molar-refractivity contribution in [3.63, 3.8) is 0 Å². The Labute approximate surface area is 150 Å². The molecule has 0 spiro atoms. The van der Waals surface area contributed by atoms with Gasteiger partial charge in [0, 0.05) is 12.1 Å². The minimum Gasteiger partial charge on any atom is -0.285 e. The van der Waals surface area contributed by atoms with Gasteiger partial charge < -0.3 is 0 Å². The first-order chi connectivity index (χ1) is 12.0. The first-order valence-electron chi connectivity index (χ1n) is 8.77. The number of nitrogens with zero attached hydrogens (tertiary/aromatic N) is 1. The molecule has 3 heteroatoms. The van der Waals surface area contributed by atoms with E-state index >= 15 is 0 Å². The molecule has 0 aliphatic carbocycles. The van der Waals surface area contributed by atoms with E-state index in [-0.39, 0.29) is 0 Å². The zero-order valence-electron chi connectivity index (χ0n) is 15.5. The van der Waals surface area contributed by atoms with Gasteiger partial charge >= 0.3 is 0 Å². The van der Waals surface area contributed by atoms with Crippen LogP contribution in [0.1, 0.15) is 50.3 Å². The minimum absolute atomic E-state index is 0.608. The number of hydrogen-bond donors (Lipinski definition) is 0. The van der Waals surface area contributed by atoms with E-state index in [2.05, 4.69) is 25.8 Å². The Kier molecular flexibility index (Phi) is 9.38. The van der Waals surface area contributed by atoms with Crippen molar-refractivity contribution < 1.29 is 8.78 Å². The molecule has 0 amide bonds. The summed E-state index contributed by atoms with van der Waals surface area (Å²) < 4.78 is 26.2. The van der Waals surface area contributed by atoms with E-state index < -0.39 is 11.6 Å². The van der Waals surface area contributed by atoms with Gasteiger partial charge in [-0.2, -0.15) is 0 Å². The Balaban J connectivity index is 0.000000970. The molecule has 2 aromatic rings. The molecule has 0 bridgehead atoms. The van der Waals surface area contributed by atoms with Crippen LogP contribution in [0.3, 0.4) is 0 Å². The molecule has 25 heavy (non-hydrogen) atoms. The van der Waals surface area contributed by atoms with Gasteiger partial charge in [-0.3, -0.25) is 4.99 Å². The SMILES string of the molecule is CCC.CCCN=C(/C=C/c1ccc(F)c(F)c1)c1ccccc1C. The average Bonchev–Trinajstić information content (AvgIpc) is 2.60. The van der Waals surface area contributed by atoms with Crippen molar-refractivity contribution in [2.24, 2.45) is 4.99 Å². The third-order valence-corrected chi connectivity index (χ3v) is 3.30. The number of halogens is 2. The van der Waals surface area contributed by atoms with Crippen molar-refractivity contribution in [2.75, 3.05) is 6.54 Å². The van der Waals surface area contributed by atoms with Crippen LogP contribution in [0, 0.1) is 18.6 Å². The molecule has 0 aliphatic heterocycles. The Hall–Kier alpha value is -2.29. The lowest BCUT2D eigenvalue weighted by Gasteiger charge is -2.06. The third-order valence-electron chi connectivity index (χ3n) is 3.30. The molecule has 2 aromatic carbocycles. The highest BCUT2D eigenvalue weighted by Crippen LogP contribution is 2.13. The fraction of sp³-hybridized carbons (Fsp3) is 0.318. The van der Waals surface area contributed by atoms with Crippen LogP contribution in [-0.2, 0) is 0 Å². The maximum Gasteiger partial charge on any atom is 0.159 e. The van der Waals surface area contributed by atoms with Crippen LogP contribution in [-0.4, -0.2) is 12.3 Å². The van der Waals surface area contributed by atoms with Gasteiger partial charge in [0.2, 0.25) is 0 Å². The lowest BCUT2D eigenvalue weighted by atomic mass is 10.0. The maximum atomic E-state index is 13.3. The van der Waals surface area contributed by atoms with E-state index in [0.29, 0.717) is 5.56 Å². The molecule has 0 unspecified atom stereocenters. The molecule has 0 N–H and O–H groups in total. The predicted molar refractivity (Wildman–Crippen MR) is 104 cm³/mol. The molecule has 0 fully saturated rings. The summed E-state index contributed by atoms with van der Waals surface area (Å²) in [6, 6.07) is 11.9. The number of aliphatic imine (C=N–C) groups is 1. The number of benzene rings is 2. The molecule has 0 saturated carbocycles. The van der Waals surface area contributed by atoms with Crippen molar-refractivity contribution in [2.45, 2.75) is 40.5 Å². The van der Waals surface area contributed by atoms with Crippen LogP contribution >= 0.6 is 0 Å². The zero-order valence-corrected chi connectivity index (χ0v) is 15.5. The zero-order chi connectivity index (χ0) is 18.7. The molecule has 0 aromatic heterocycles. The van der Waals surface area contributed by atoms with Crippen molar-refractivity contribution in [1.82, 2.24) is 0 Å². The first kappa shape index (κ1) is 20.8. The molecule has 134 valence electrons. The Bertz CT molecular complexity index is 718. The van der Waals surface area contributed by atoms with Gasteiger partial charge in [0.1, 0.15) is 0 Å². The van der Waals surface area contributed by atoms with Crippen LogP contribution in [0.5, 0.6) is 0 Å². The summed E-state index contributed by atoms with van der Waals surface area (Å²) >= 11 is 0. The molecule has 2 rings (SSSR count). The van der Waals surface area contributed by atoms with Gasteiger partial charge in [-0.25, -0.2) is 8.78 Å². The average molecular weight is 343 g/mol. The van der Waals surface area contributed by atoms with Crippen LogP contribution in [0.25, 0.3) is 6.08 Å². The highest BCUT2D eigenvalue weighted by atomic mass is 19.2. The van der Waals surface area contributed by atoms with Gasteiger partial charge in [0.05, 0.1) is 5.71 Å². The van der Waals surface area contributed by atoms with E-state index in [0.717, 1.165) is 35.9 Å². The summed E-state index contributed by atoms with van der Waals surface area (Å²) in [7, 11) is 0. The topological polar surface area (TPSA) is 12.4 Å². The van der Waals surface area contributed by atoms with Crippen LogP contribution in [0.4, 0.5) is 8.78 Å². The summed E-state index contributed by atoms with van der Waals surface area (Å²) in [6.07, 6.45) is 5.81. The maximum absolute atomic E-state index is 13.3. The summed E-state index contributed by atoms with van der Waals surface area (Å²) in [5, 5.41) is 0. The fourth-order valence-electron chi connectivity index (χ4n) is 2.11. The quantitative estimate of drug-likeness (QED) is 0.542. The molecule has 0 aliphatic rings. The Morgan fingerprint density at radius 3 is 2.28 bits per heavy atom. The molecule has 0 saturated heterocycles. The minimum atomic E-state index is -0.843. The second-order valence-corrected chi connectivity index (χ2v) is 5.80. The number of allylic oxidation sites excluding steroid dienone is 1. The van der Waals surface area contributed by atoms with Crippen LogP contribution < -0.4 is 0 Å². The predicted octanol–water partition coefficient (Wildman–Crippen LogP) is 6.60. The monoisotopic (exact) mass is 343 g/mol. The number of aryl methyl sites for hydroxylation is 1. The van der Waals surface area contributed by atoms with Gasteiger partial charge in [-0.15, -0.1) is 0 Å². The summed E-state index contributed by atoms with van der Waals surface area (Å²) in [4.78, 5) is 4.59. The van der Waals surface area contributed by atoms with E-state index in [1.807, 2.05) is 37.3 Å². The first-order valence-corrected chi connectivity index (χ1v) is 8.77. The van der Waals surface area contributed by atoms with E-state index in [9.17, 15) is 8.78 Å². The second-order valence-electron chi connectivity index (χ2n) is 5.80.